The molecule has 1 aliphatic heterocycles. The fraction of sp³-hybridized carbons (Fsp3) is 0.489. The summed E-state index contributed by atoms with van der Waals surface area (Å²) < 4.78 is 58.1. The summed E-state index contributed by atoms with van der Waals surface area (Å²) in [4.78, 5) is 28.5. The van der Waals surface area contributed by atoms with E-state index in [1.165, 1.54) is 10.8 Å². The van der Waals surface area contributed by atoms with E-state index in [1.807, 2.05) is 78.9 Å². The van der Waals surface area contributed by atoms with Crippen molar-refractivity contribution in [1.82, 2.24) is 14.2 Å². The molecule has 4 aromatic rings. The highest BCUT2D eigenvalue weighted by Crippen LogP contribution is 2.52. The zero-order valence-electron chi connectivity index (χ0n) is 37.6. The molecule has 1 fully saturated rings. The van der Waals surface area contributed by atoms with Crippen molar-refractivity contribution in [3.63, 3.8) is 0 Å². The molecule has 0 radical (unpaired) electrons. The Morgan fingerprint density at radius 1 is 0.900 bits per heavy atom. The zero-order valence-corrected chi connectivity index (χ0v) is 38.5. The third-order valence-corrected chi connectivity index (χ3v) is 17.7. The number of ether oxygens (including phenoxy) is 4. The standard InChI is InChI=1S/C45H61N4O9PSi/c1-31(2)49(32(3)4)59(55-29-15-27-46)57-40-38(56-42(48-28-26-39(50)47-43(48)51)41(40)58-60(10,11)44(5,6)7)30-54-45(33-16-13-12-14-17-33,34-18-22-36(52-8)23-19-34)35-20-24-37(53-9)25-21-35/h12-14,16-26,28,31-32,38,40-42H,15,29-30H2,1-11H3,(H,47,50,51)/t38-,40-,41-,42-,59?/m1/s1/i26D,30+1,38+1,40+1,41+1,42+1. The molecular formula is C45H61N4O9PSi. The van der Waals surface area contributed by atoms with Crippen LogP contribution >= 0.6 is 8.53 Å². The summed E-state index contributed by atoms with van der Waals surface area (Å²) in [5, 5.41) is 9.22. The molecule has 0 bridgehead atoms. The molecule has 3 aromatic carbocycles. The number of nitrogens with one attached hydrogen (secondary N) is 1. The summed E-state index contributed by atoms with van der Waals surface area (Å²) in [6, 6.07) is 27.0. The van der Waals surface area contributed by atoms with Gasteiger partial charge in [-0.05, 0) is 86.8 Å². The Morgan fingerprint density at radius 3 is 1.95 bits per heavy atom. The van der Waals surface area contributed by atoms with Crippen LogP contribution in [0.2, 0.25) is 18.1 Å². The lowest BCUT2D eigenvalue weighted by Crippen LogP contribution is -2.50. The van der Waals surface area contributed by atoms with Gasteiger partial charge < -0.3 is 32.4 Å². The van der Waals surface area contributed by atoms with E-state index in [4.69, 9.17) is 33.8 Å². The van der Waals surface area contributed by atoms with E-state index in [0.29, 0.717) is 11.5 Å². The Labute approximate surface area is 358 Å². The molecule has 2 heterocycles. The lowest BCUT2D eigenvalue weighted by molar-refractivity contribution is -0.0943. The van der Waals surface area contributed by atoms with Crippen LogP contribution in [0, 0.1) is 11.3 Å². The molecule has 5 rings (SSSR count). The molecule has 1 aromatic heterocycles. The maximum Gasteiger partial charge on any atom is 0.330 e. The predicted octanol–water partition coefficient (Wildman–Crippen LogP) is 8.51. The maximum absolute atomic E-state index is 13.7. The van der Waals surface area contributed by atoms with Gasteiger partial charge in [0.2, 0.25) is 0 Å². The monoisotopic (exact) mass is 866 g/mol. The first-order chi connectivity index (χ1) is 28.9. The van der Waals surface area contributed by atoms with Gasteiger partial charge in [0.25, 0.3) is 14.1 Å². The van der Waals surface area contributed by atoms with Crippen LogP contribution in [-0.2, 0) is 28.5 Å². The summed E-state index contributed by atoms with van der Waals surface area (Å²) in [5.74, 6) is 1.34. The first-order valence-corrected chi connectivity index (χ1v) is 24.3. The zero-order chi connectivity index (χ0) is 44.7. The molecule has 60 heavy (non-hydrogen) atoms. The minimum Gasteiger partial charge on any atom is -0.497 e. The number of H-pyrrole nitrogens is 1. The van der Waals surface area contributed by atoms with Gasteiger partial charge in [0.1, 0.15) is 35.4 Å². The van der Waals surface area contributed by atoms with E-state index in [2.05, 4.69) is 77.3 Å². The van der Waals surface area contributed by atoms with Crippen LogP contribution in [0.15, 0.2) is 101 Å². The topological polar surface area (TPSA) is 146 Å². The van der Waals surface area contributed by atoms with E-state index >= 15 is 0 Å². The lowest BCUT2D eigenvalue weighted by atomic mass is 9.80. The number of nitriles is 1. The van der Waals surface area contributed by atoms with Crippen molar-refractivity contribution in [1.29, 1.82) is 5.26 Å². The van der Waals surface area contributed by atoms with Crippen LogP contribution < -0.4 is 20.7 Å². The smallest absolute Gasteiger partial charge is 0.330 e. The number of aromatic amines is 1. The summed E-state index contributed by atoms with van der Waals surface area (Å²) in [6.07, 6.45) is -2.63. The second-order valence-electron chi connectivity index (χ2n) is 16.8. The second kappa shape index (κ2) is 20.1. The Hall–Kier alpha value is -4.16. The van der Waals surface area contributed by atoms with Crippen molar-refractivity contribution in [2.24, 2.45) is 0 Å². The highest BCUT2D eigenvalue weighted by molar-refractivity contribution is 7.44. The van der Waals surface area contributed by atoms with Crippen LogP contribution in [0.3, 0.4) is 0 Å². The van der Waals surface area contributed by atoms with Crippen LogP contribution in [0.4, 0.5) is 0 Å². The second-order valence-corrected chi connectivity index (χ2v) is 22.9. The first-order valence-electron chi connectivity index (χ1n) is 20.8. The van der Waals surface area contributed by atoms with Gasteiger partial charge in [0.05, 0.1) is 41.3 Å². The Kier molecular flexibility index (Phi) is 15.2. The average Bonchev–Trinajstić information content (AvgIpc) is 3.54. The molecule has 1 unspecified atom stereocenters. The van der Waals surface area contributed by atoms with Gasteiger partial charge in [-0.2, -0.15) is 5.26 Å². The summed E-state index contributed by atoms with van der Waals surface area (Å²) in [6.45, 7) is 18.8. The summed E-state index contributed by atoms with van der Waals surface area (Å²) in [5.41, 5.74) is -0.387. The van der Waals surface area contributed by atoms with Gasteiger partial charge in [-0.1, -0.05) is 75.4 Å². The molecular weight excluding hydrogens is 805 g/mol. The molecule has 324 valence electrons. The fourth-order valence-corrected chi connectivity index (χ4v) is 10.1. The normalized spacial score (nSPS) is 19.4. The number of rotatable bonds is 19. The Morgan fingerprint density at radius 2 is 1.45 bits per heavy atom. The van der Waals surface area contributed by atoms with Crippen molar-refractivity contribution in [3.05, 3.63) is 129 Å². The number of methoxy groups -OCH3 is 2. The van der Waals surface area contributed by atoms with Crippen molar-refractivity contribution >= 4 is 16.8 Å². The summed E-state index contributed by atoms with van der Waals surface area (Å²) in [7, 11) is -1.33. The van der Waals surface area contributed by atoms with Crippen LogP contribution in [0.25, 0.3) is 0 Å². The molecule has 15 heteroatoms. The van der Waals surface area contributed by atoms with Gasteiger partial charge in [-0.3, -0.25) is 14.3 Å². The van der Waals surface area contributed by atoms with E-state index in [0.717, 1.165) is 16.7 Å². The Bertz CT molecular complexity index is 2140. The number of hydrogen-bond donors (Lipinski definition) is 1. The SMILES string of the molecule is [2H]c1cn([13C@@H]2O[13C@H]([13CH2]OC(c3ccccc3)(c3ccc(OC)cc3)c3ccc(OC)cc3)[13C@@H](OP(OCCC#N)N(C(C)C)C(C)C)[13C@H]2O[Si](C)(C)C(C)(C)C)c(=O)[nH]c1=O. The highest BCUT2D eigenvalue weighted by atomic mass is 31.2. The van der Waals surface area contributed by atoms with Gasteiger partial charge >= 0.3 is 5.69 Å². The van der Waals surface area contributed by atoms with Crippen LogP contribution in [-0.4, -0.2) is 80.4 Å². The van der Waals surface area contributed by atoms with Gasteiger partial charge in [0.15, 0.2) is 14.5 Å². The largest absolute Gasteiger partial charge is 0.497 e. The van der Waals surface area contributed by atoms with Crippen molar-refractivity contribution in [2.75, 3.05) is 27.4 Å². The predicted molar refractivity (Wildman–Crippen MR) is 236 cm³/mol. The lowest BCUT2D eigenvalue weighted by Gasteiger charge is -2.42. The molecule has 0 spiro atoms. The molecule has 1 N–H and O–H groups in total. The minimum absolute atomic E-state index is 0.0238. The molecule has 5 atom stereocenters. The molecule has 0 aliphatic carbocycles. The van der Waals surface area contributed by atoms with E-state index in [9.17, 15) is 14.9 Å². The van der Waals surface area contributed by atoms with Crippen LogP contribution in [0.1, 0.15) is 79.2 Å². The maximum atomic E-state index is 13.7. The van der Waals surface area contributed by atoms with Gasteiger partial charge in [0, 0.05) is 24.3 Å². The third kappa shape index (κ3) is 10.5. The third-order valence-electron chi connectivity index (χ3n) is 11.1. The first kappa shape index (κ1) is 45.4. The number of aromatic nitrogens is 2. The van der Waals surface area contributed by atoms with Crippen LogP contribution in [0.5, 0.6) is 11.5 Å². The van der Waals surface area contributed by atoms with Crippen molar-refractivity contribution in [2.45, 2.75) is 115 Å². The number of hydrogen-bond acceptors (Lipinski definition) is 11. The summed E-state index contributed by atoms with van der Waals surface area (Å²) >= 11 is 0. The van der Waals surface area contributed by atoms with Crippen molar-refractivity contribution in [3.8, 4) is 17.6 Å². The molecule has 1 aliphatic rings. The Balaban J connectivity index is 1.75. The molecule has 0 saturated carbocycles. The minimum atomic E-state index is -2.70. The molecule has 13 nitrogen and oxygen atoms in total. The highest BCUT2D eigenvalue weighted by Gasteiger charge is 2.54. The van der Waals surface area contributed by atoms with E-state index in [-0.39, 0.29) is 36.8 Å². The number of benzene rings is 3. The van der Waals surface area contributed by atoms with Gasteiger partial charge in [-0.15, -0.1) is 0 Å². The molecule has 1 saturated heterocycles. The van der Waals surface area contributed by atoms with Crippen molar-refractivity contribution < 1.29 is 33.8 Å². The van der Waals surface area contributed by atoms with E-state index < -0.39 is 64.3 Å². The van der Waals surface area contributed by atoms with Gasteiger partial charge in [-0.25, -0.2) is 9.46 Å². The van der Waals surface area contributed by atoms with E-state index in [1.54, 1.807) is 14.2 Å². The molecule has 0 amide bonds. The number of nitrogens with zero attached hydrogens (tertiary/aromatic N) is 3. The fourth-order valence-electron chi connectivity index (χ4n) is 7.09. The quantitative estimate of drug-likeness (QED) is 0.0318. The average molecular weight is 867 g/mol.